The lowest BCUT2D eigenvalue weighted by atomic mass is 10.2. The molecule has 1 amide bonds. The Balaban J connectivity index is 2.66. The number of carbonyl (C=O) groups excluding carboxylic acids is 1. The first-order valence-corrected chi connectivity index (χ1v) is 7.10. The lowest BCUT2D eigenvalue weighted by molar-refractivity contribution is 0.0929. The van der Waals surface area contributed by atoms with Crippen LogP contribution in [-0.4, -0.2) is 33.7 Å². The first kappa shape index (κ1) is 13.9. The second kappa shape index (κ2) is 6.54. The molecule has 0 radical (unpaired) electrons. The van der Waals surface area contributed by atoms with E-state index in [2.05, 4.69) is 16.7 Å². The van der Waals surface area contributed by atoms with Gasteiger partial charge in [0.25, 0.3) is 5.91 Å². The number of nitrogens with zero attached hydrogens (tertiary/aromatic N) is 2. The number of nitrogens with two attached hydrogens (primary N) is 1. The molecule has 0 saturated heterocycles. The van der Waals surface area contributed by atoms with Crippen molar-refractivity contribution >= 4 is 23.4 Å². The number of thioether (sulfide) groups is 1. The van der Waals surface area contributed by atoms with Crippen molar-refractivity contribution in [2.45, 2.75) is 32.9 Å². The summed E-state index contributed by atoms with van der Waals surface area (Å²) in [5.74, 6) is 0.889. The second-order valence-corrected chi connectivity index (χ2v) is 4.91. The number of carbonyl (C=O) groups is 1. The van der Waals surface area contributed by atoms with E-state index in [1.54, 1.807) is 16.4 Å². The van der Waals surface area contributed by atoms with Crippen LogP contribution in [0.15, 0.2) is 6.20 Å². The number of nitrogen functional groups attached to an aromatic ring is 1. The highest BCUT2D eigenvalue weighted by atomic mass is 32.2. The van der Waals surface area contributed by atoms with Crippen molar-refractivity contribution in [2.75, 3.05) is 17.7 Å². The Morgan fingerprint density at radius 1 is 1.71 bits per heavy atom. The summed E-state index contributed by atoms with van der Waals surface area (Å²) in [6.07, 6.45) is 4.52. The Bertz CT molecular complexity index is 378. The molecule has 0 aliphatic carbocycles. The van der Waals surface area contributed by atoms with Gasteiger partial charge in [0, 0.05) is 12.6 Å². The third-order valence-corrected chi connectivity index (χ3v) is 3.16. The van der Waals surface area contributed by atoms with E-state index in [1.807, 2.05) is 13.8 Å². The largest absolute Gasteiger partial charge is 0.396 e. The quantitative estimate of drug-likeness (QED) is 0.806. The van der Waals surface area contributed by atoms with Crippen molar-refractivity contribution < 1.29 is 4.79 Å². The predicted molar refractivity (Wildman–Crippen MR) is 72.2 cm³/mol. The highest BCUT2D eigenvalue weighted by molar-refractivity contribution is 7.98. The minimum absolute atomic E-state index is 0.143. The van der Waals surface area contributed by atoms with E-state index < -0.39 is 0 Å². The molecule has 1 unspecified atom stereocenters. The van der Waals surface area contributed by atoms with Gasteiger partial charge in [-0.2, -0.15) is 16.9 Å². The van der Waals surface area contributed by atoms with E-state index in [0.717, 1.165) is 12.2 Å². The van der Waals surface area contributed by atoms with Crippen LogP contribution in [-0.2, 0) is 6.54 Å². The molecule has 1 aromatic heterocycles. The molecule has 0 fully saturated rings. The zero-order valence-corrected chi connectivity index (χ0v) is 11.4. The van der Waals surface area contributed by atoms with Gasteiger partial charge >= 0.3 is 0 Å². The molecule has 0 aliphatic heterocycles. The average Bonchev–Trinajstić information content (AvgIpc) is 2.67. The van der Waals surface area contributed by atoms with E-state index >= 15 is 0 Å². The maximum atomic E-state index is 12.0. The third kappa shape index (κ3) is 3.66. The van der Waals surface area contributed by atoms with Crippen LogP contribution in [0.5, 0.6) is 0 Å². The lowest BCUT2D eigenvalue weighted by Crippen LogP contribution is -2.34. The number of amides is 1. The molecular formula is C11H20N4OS. The zero-order valence-electron chi connectivity index (χ0n) is 10.6. The lowest BCUT2D eigenvalue weighted by Gasteiger charge is -2.14. The van der Waals surface area contributed by atoms with Gasteiger partial charge in [0.2, 0.25) is 0 Å². The van der Waals surface area contributed by atoms with Gasteiger partial charge in [-0.15, -0.1) is 0 Å². The molecule has 17 heavy (non-hydrogen) atoms. The van der Waals surface area contributed by atoms with Crippen molar-refractivity contribution in [3.05, 3.63) is 11.9 Å². The summed E-state index contributed by atoms with van der Waals surface area (Å²) in [5.41, 5.74) is 6.64. The normalized spacial score (nSPS) is 12.4. The Morgan fingerprint density at radius 2 is 2.41 bits per heavy atom. The molecule has 5 nitrogen and oxygen atoms in total. The number of rotatable bonds is 6. The van der Waals surface area contributed by atoms with Crippen molar-refractivity contribution in [1.82, 2.24) is 15.1 Å². The minimum atomic E-state index is -0.143. The van der Waals surface area contributed by atoms with Crippen molar-refractivity contribution in [3.63, 3.8) is 0 Å². The number of hydrogen-bond donors (Lipinski definition) is 2. The Labute approximate surface area is 106 Å². The van der Waals surface area contributed by atoms with E-state index in [-0.39, 0.29) is 11.9 Å². The Morgan fingerprint density at radius 3 is 3.00 bits per heavy atom. The standard InChI is InChI=1S/C11H20N4OS/c1-4-15-10(9(12)7-13-15)11(16)14-8(2)5-6-17-3/h7-8H,4-6,12H2,1-3H3,(H,14,16). The number of nitrogens with one attached hydrogen (secondary N) is 1. The van der Waals surface area contributed by atoms with Crippen molar-refractivity contribution in [1.29, 1.82) is 0 Å². The average molecular weight is 256 g/mol. The molecule has 0 aromatic carbocycles. The molecule has 1 rings (SSSR count). The highest BCUT2D eigenvalue weighted by Gasteiger charge is 2.17. The van der Waals surface area contributed by atoms with Crippen LogP contribution in [0.1, 0.15) is 30.8 Å². The van der Waals surface area contributed by atoms with Gasteiger partial charge in [-0.25, -0.2) is 0 Å². The molecule has 0 bridgehead atoms. The number of aryl methyl sites for hydroxylation is 1. The molecule has 6 heteroatoms. The van der Waals surface area contributed by atoms with Crippen LogP contribution in [0, 0.1) is 0 Å². The van der Waals surface area contributed by atoms with Crippen LogP contribution < -0.4 is 11.1 Å². The second-order valence-electron chi connectivity index (χ2n) is 3.92. The van der Waals surface area contributed by atoms with Gasteiger partial charge in [0.05, 0.1) is 11.9 Å². The van der Waals surface area contributed by atoms with Crippen LogP contribution in [0.2, 0.25) is 0 Å². The molecular weight excluding hydrogens is 236 g/mol. The predicted octanol–water partition coefficient (Wildman–Crippen LogP) is 1.36. The van der Waals surface area contributed by atoms with Crippen LogP contribution in [0.25, 0.3) is 0 Å². The molecule has 1 heterocycles. The highest BCUT2D eigenvalue weighted by Crippen LogP contribution is 2.11. The van der Waals surface area contributed by atoms with Crippen LogP contribution >= 0.6 is 11.8 Å². The summed E-state index contributed by atoms with van der Waals surface area (Å²) in [7, 11) is 0. The summed E-state index contributed by atoms with van der Waals surface area (Å²) >= 11 is 1.77. The summed E-state index contributed by atoms with van der Waals surface area (Å²) in [6.45, 7) is 4.57. The molecule has 1 atom stereocenters. The summed E-state index contributed by atoms with van der Waals surface area (Å²) < 4.78 is 1.62. The third-order valence-electron chi connectivity index (χ3n) is 2.51. The monoisotopic (exact) mass is 256 g/mol. The Hall–Kier alpha value is -1.17. The fourth-order valence-electron chi connectivity index (χ4n) is 1.55. The smallest absolute Gasteiger partial charge is 0.271 e. The van der Waals surface area contributed by atoms with E-state index in [4.69, 9.17) is 5.73 Å². The zero-order chi connectivity index (χ0) is 12.8. The molecule has 0 aliphatic rings. The van der Waals surface area contributed by atoms with Gasteiger partial charge in [0.1, 0.15) is 5.69 Å². The maximum Gasteiger partial charge on any atom is 0.271 e. The molecule has 0 spiro atoms. The topological polar surface area (TPSA) is 72.9 Å². The molecule has 1 aromatic rings. The first-order chi connectivity index (χ1) is 8.10. The van der Waals surface area contributed by atoms with Gasteiger partial charge < -0.3 is 11.1 Å². The van der Waals surface area contributed by atoms with Crippen molar-refractivity contribution in [3.8, 4) is 0 Å². The molecule has 3 N–H and O–H groups in total. The van der Waals surface area contributed by atoms with Gasteiger partial charge in [-0.3, -0.25) is 9.48 Å². The SMILES string of the molecule is CCn1ncc(N)c1C(=O)NC(C)CCSC. The van der Waals surface area contributed by atoms with E-state index in [1.165, 1.54) is 6.20 Å². The number of hydrogen-bond acceptors (Lipinski definition) is 4. The van der Waals surface area contributed by atoms with Gasteiger partial charge in [-0.1, -0.05) is 0 Å². The number of anilines is 1. The number of aromatic nitrogens is 2. The maximum absolute atomic E-state index is 12.0. The first-order valence-electron chi connectivity index (χ1n) is 5.71. The molecule has 0 saturated carbocycles. The molecule has 96 valence electrons. The van der Waals surface area contributed by atoms with Crippen LogP contribution in [0.3, 0.4) is 0 Å². The minimum Gasteiger partial charge on any atom is -0.396 e. The Kier molecular flexibility index (Phi) is 5.34. The summed E-state index contributed by atoms with van der Waals surface area (Å²) in [6, 6.07) is 0.148. The summed E-state index contributed by atoms with van der Waals surface area (Å²) in [4.78, 5) is 12.0. The van der Waals surface area contributed by atoms with Gasteiger partial charge in [0.15, 0.2) is 0 Å². The van der Waals surface area contributed by atoms with Crippen molar-refractivity contribution in [2.24, 2.45) is 0 Å². The van der Waals surface area contributed by atoms with Gasteiger partial charge in [-0.05, 0) is 32.3 Å². The van der Waals surface area contributed by atoms with E-state index in [0.29, 0.717) is 17.9 Å². The van der Waals surface area contributed by atoms with E-state index in [9.17, 15) is 4.79 Å². The summed E-state index contributed by atoms with van der Waals surface area (Å²) in [5, 5.41) is 6.99. The van der Waals surface area contributed by atoms with Crippen LogP contribution in [0.4, 0.5) is 5.69 Å². The fourth-order valence-corrected chi connectivity index (χ4v) is 2.14. The fraction of sp³-hybridized carbons (Fsp3) is 0.636.